The van der Waals surface area contributed by atoms with E-state index in [1.165, 1.54) is 0 Å². The predicted octanol–water partition coefficient (Wildman–Crippen LogP) is -0.0966. The Hall–Kier alpha value is -0.550. The van der Waals surface area contributed by atoms with E-state index in [1.54, 1.807) is 0 Å². The molecule has 2 N–H and O–H groups in total. The molecule has 0 bridgehead atoms. The summed E-state index contributed by atoms with van der Waals surface area (Å²) in [6.45, 7) is 0. The second-order valence-corrected chi connectivity index (χ2v) is 2.10. The predicted molar refractivity (Wildman–Crippen MR) is 23.3 cm³/mol. The quantitative estimate of drug-likeness (QED) is 0.378. The van der Waals surface area contributed by atoms with E-state index in [9.17, 15) is 8.42 Å². The average Bonchev–Trinajstić information content (AvgIpc) is 1.30. The van der Waals surface area contributed by atoms with Gasteiger partial charge >= 0.3 is 0 Å². The van der Waals surface area contributed by atoms with Gasteiger partial charge in [0.1, 0.15) is 0 Å². The maximum Gasteiger partial charge on any atom is 0.290 e. The monoisotopic (exact) mass is 124 g/mol. The first-order chi connectivity index (χ1) is 3.06. The van der Waals surface area contributed by atoms with Crippen LogP contribution < -0.4 is 0 Å². The van der Waals surface area contributed by atoms with Crippen LogP contribution in [0.1, 0.15) is 0 Å². The highest BCUT2D eigenvalue weighted by Gasteiger charge is 1.91. The van der Waals surface area contributed by atoms with Crippen LogP contribution in [-0.4, -0.2) is 18.1 Å². The summed E-state index contributed by atoms with van der Waals surface area (Å²) in [6, 6.07) is 0. The molecule has 0 aliphatic heterocycles. The molecule has 0 heterocycles. The lowest BCUT2D eigenvalue weighted by molar-refractivity contribution is 0.467. The first kappa shape index (κ1) is 6.45. The van der Waals surface area contributed by atoms with Crippen molar-refractivity contribution in [3.63, 3.8) is 0 Å². The third kappa shape index (κ3) is 5.45. The van der Waals surface area contributed by atoms with Gasteiger partial charge in [0.25, 0.3) is 10.1 Å². The third-order valence-corrected chi connectivity index (χ3v) is 0.698. The van der Waals surface area contributed by atoms with E-state index in [0.717, 1.165) is 0 Å². The van der Waals surface area contributed by atoms with E-state index < -0.39 is 10.1 Å². The molecule has 0 atom stereocenters. The van der Waals surface area contributed by atoms with Gasteiger partial charge in [-0.15, -0.1) is 0 Å². The molecule has 42 valence electrons. The van der Waals surface area contributed by atoms with Gasteiger partial charge in [0.2, 0.25) is 0 Å². The zero-order valence-corrected chi connectivity index (χ0v) is 4.09. The van der Waals surface area contributed by atoms with Gasteiger partial charge in [0, 0.05) is 0 Å². The Labute approximate surface area is 40.8 Å². The second-order valence-electron chi connectivity index (χ2n) is 0.800. The fraction of sp³-hybridized carbons (Fsp3) is 0. The van der Waals surface area contributed by atoms with Crippen LogP contribution in [0.2, 0.25) is 0 Å². The van der Waals surface area contributed by atoms with Crippen molar-refractivity contribution in [2.45, 2.75) is 0 Å². The standard InChI is InChI=1S/C2H4O4S/c3-1-2-7(4,5)6/h1-3H,(H,4,5,6)/b2-1+. The summed E-state index contributed by atoms with van der Waals surface area (Å²) in [4.78, 5) is 0. The van der Waals surface area contributed by atoms with Gasteiger partial charge in [0.15, 0.2) is 0 Å². The summed E-state index contributed by atoms with van der Waals surface area (Å²) in [5, 5.41) is 7.95. The normalized spacial score (nSPS) is 12.7. The summed E-state index contributed by atoms with van der Waals surface area (Å²) in [6.07, 6.45) is 0.245. The highest BCUT2D eigenvalue weighted by Crippen LogP contribution is 1.79. The van der Waals surface area contributed by atoms with E-state index in [4.69, 9.17) is 9.66 Å². The number of hydrogen-bond acceptors (Lipinski definition) is 3. The fourth-order valence-corrected chi connectivity index (χ4v) is 0.231. The van der Waals surface area contributed by atoms with Crippen LogP contribution in [-0.2, 0) is 10.1 Å². The molecule has 0 saturated carbocycles. The Balaban J connectivity index is 4.13. The third-order valence-electron chi connectivity index (χ3n) is 0.233. The Morgan fingerprint density at radius 3 is 1.86 bits per heavy atom. The SMILES string of the molecule is O=S(=O)(O)/C=C/O. The molecular weight excluding hydrogens is 120 g/mol. The summed E-state index contributed by atoms with van der Waals surface area (Å²) in [7, 11) is -4.10. The molecule has 0 fully saturated rings. The van der Waals surface area contributed by atoms with Crippen LogP contribution in [0.4, 0.5) is 0 Å². The van der Waals surface area contributed by atoms with Crippen molar-refractivity contribution in [3.8, 4) is 0 Å². The number of hydrogen-bond donors (Lipinski definition) is 2. The van der Waals surface area contributed by atoms with Gasteiger partial charge in [-0.05, 0) is 0 Å². The number of aliphatic hydroxyl groups excluding tert-OH is 1. The van der Waals surface area contributed by atoms with Crippen LogP contribution in [0.3, 0.4) is 0 Å². The van der Waals surface area contributed by atoms with E-state index in [2.05, 4.69) is 0 Å². The van der Waals surface area contributed by atoms with Crippen molar-refractivity contribution in [2.75, 3.05) is 0 Å². The van der Waals surface area contributed by atoms with Crippen LogP contribution in [0, 0.1) is 0 Å². The van der Waals surface area contributed by atoms with Gasteiger partial charge in [-0.2, -0.15) is 8.42 Å². The molecule has 0 aromatic carbocycles. The van der Waals surface area contributed by atoms with Crippen molar-refractivity contribution in [1.29, 1.82) is 0 Å². The van der Waals surface area contributed by atoms with Crippen LogP contribution in [0.25, 0.3) is 0 Å². The summed E-state index contributed by atoms with van der Waals surface area (Å²) >= 11 is 0. The molecule has 0 rings (SSSR count). The summed E-state index contributed by atoms with van der Waals surface area (Å²) < 4.78 is 26.8. The van der Waals surface area contributed by atoms with E-state index in [1.807, 2.05) is 0 Å². The van der Waals surface area contributed by atoms with E-state index in [-0.39, 0.29) is 11.7 Å². The molecule has 0 radical (unpaired) electrons. The largest absolute Gasteiger partial charge is 0.515 e. The Kier molecular flexibility index (Phi) is 1.79. The van der Waals surface area contributed by atoms with Gasteiger partial charge in [0.05, 0.1) is 11.7 Å². The molecule has 0 aliphatic rings. The lowest BCUT2D eigenvalue weighted by Crippen LogP contribution is -1.88. The second kappa shape index (κ2) is 1.94. The highest BCUT2D eigenvalue weighted by molar-refractivity contribution is 7.88. The molecule has 0 aliphatic carbocycles. The zero-order valence-electron chi connectivity index (χ0n) is 3.27. The van der Waals surface area contributed by atoms with Gasteiger partial charge < -0.3 is 5.11 Å². The fourth-order valence-electron chi connectivity index (χ4n) is 0.0769. The summed E-state index contributed by atoms with van der Waals surface area (Å²) in [5.74, 6) is 0. The molecule has 0 saturated heterocycles. The molecule has 0 aromatic heterocycles. The zero-order chi connectivity index (χ0) is 5.91. The molecule has 7 heavy (non-hydrogen) atoms. The molecule has 4 nitrogen and oxygen atoms in total. The van der Waals surface area contributed by atoms with Gasteiger partial charge in [-0.25, -0.2) is 0 Å². The maximum atomic E-state index is 9.54. The van der Waals surface area contributed by atoms with Crippen molar-refractivity contribution in [2.24, 2.45) is 0 Å². The number of rotatable bonds is 1. The first-order valence-electron chi connectivity index (χ1n) is 1.34. The van der Waals surface area contributed by atoms with Crippen molar-refractivity contribution in [1.82, 2.24) is 0 Å². The maximum absolute atomic E-state index is 9.54. The van der Waals surface area contributed by atoms with E-state index >= 15 is 0 Å². The van der Waals surface area contributed by atoms with Gasteiger partial charge in [-0.1, -0.05) is 0 Å². The van der Waals surface area contributed by atoms with Crippen LogP contribution in [0.15, 0.2) is 11.7 Å². The van der Waals surface area contributed by atoms with Crippen molar-refractivity contribution >= 4 is 10.1 Å². The molecule has 5 heteroatoms. The summed E-state index contributed by atoms with van der Waals surface area (Å²) in [5.41, 5.74) is 0. The van der Waals surface area contributed by atoms with Gasteiger partial charge in [-0.3, -0.25) is 4.55 Å². The smallest absolute Gasteiger partial charge is 0.290 e. The lowest BCUT2D eigenvalue weighted by atomic mass is 11.2. The highest BCUT2D eigenvalue weighted by atomic mass is 32.2. The molecule has 0 aromatic rings. The minimum Gasteiger partial charge on any atom is -0.515 e. The minimum absolute atomic E-state index is 0.245. The molecular formula is C2H4O4S. The average molecular weight is 124 g/mol. The van der Waals surface area contributed by atoms with Crippen LogP contribution in [0.5, 0.6) is 0 Å². The molecule has 0 spiro atoms. The Morgan fingerprint density at radius 1 is 1.43 bits per heavy atom. The molecule has 0 amide bonds. The lowest BCUT2D eigenvalue weighted by Gasteiger charge is -1.76. The molecule has 0 unspecified atom stereocenters. The minimum atomic E-state index is -4.10. The Morgan fingerprint density at radius 2 is 1.86 bits per heavy atom. The van der Waals surface area contributed by atoms with Crippen molar-refractivity contribution < 1.29 is 18.1 Å². The van der Waals surface area contributed by atoms with Crippen LogP contribution >= 0.6 is 0 Å². The van der Waals surface area contributed by atoms with E-state index in [0.29, 0.717) is 0 Å². The Bertz CT molecular complexity index is 153. The topological polar surface area (TPSA) is 74.6 Å². The first-order valence-corrected chi connectivity index (χ1v) is 2.85. The van der Waals surface area contributed by atoms with Crippen molar-refractivity contribution in [3.05, 3.63) is 11.7 Å². The number of aliphatic hydroxyl groups is 1.